The number of oxazole rings is 1. The van der Waals surface area contributed by atoms with E-state index in [2.05, 4.69) is 29.0 Å². The van der Waals surface area contributed by atoms with E-state index in [1.807, 2.05) is 30.3 Å². The van der Waals surface area contributed by atoms with Gasteiger partial charge in [0.15, 0.2) is 11.7 Å². The normalized spacial score (nSPS) is 18.0. The average Bonchev–Trinajstić information content (AvgIpc) is 3.14. The van der Waals surface area contributed by atoms with E-state index in [1.165, 1.54) is 0 Å². The summed E-state index contributed by atoms with van der Waals surface area (Å²) in [5.41, 5.74) is 0.987. The zero-order valence-electron chi connectivity index (χ0n) is 16.2. The molecule has 1 aromatic carbocycles. The first-order valence-electron chi connectivity index (χ1n) is 9.71. The summed E-state index contributed by atoms with van der Waals surface area (Å²) >= 11 is 0. The maximum absolute atomic E-state index is 12.1. The minimum Gasteiger partial charge on any atom is -0.441 e. The van der Waals surface area contributed by atoms with Gasteiger partial charge in [0.05, 0.1) is 18.9 Å². The van der Waals surface area contributed by atoms with E-state index in [0.717, 1.165) is 37.6 Å². The van der Waals surface area contributed by atoms with Crippen molar-refractivity contribution in [3.8, 4) is 11.3 Å². The molecule has 0 aliphatic carbocycles. The summed E-state index contributed by atoms with van der Waals surface area (Å²) in [5, 5.41) is 2.97. The lowest BCUT2D eigenvalue weighted by Crippen LogP contribution is -2.48. The molecule has 0 radical (unpaired) electrons. The van der Waals surface area contributed by atoms with Gasteiger partial charge in [0, 0.05) is 44.6 Å². The van der Waals surface area contributed by atoms with Crippen molar-refractivity contribution in [2.75, 3.05) is 32.8 Å². The van der Waals surface area contributed by atoms with E-state index >= 15 is 0 Å². The van der Waals surface area contributed by atoms with Crippen LogP contribution in [-0.2, 0) is 16.0 Å². The number of benzene rings is 1. The Bertz CT molecular complexity index is 714. The number of amides is 1. The van der Waals surface area contributed by atoms with Crippen LogP contribution in [0.4, 0.5) is 0 Å². The quantitative estimate of drug-likeness (QED) is 0.773. The smallest absolute Gasteiger partial charge is 0.220 e. The number of aromatic nitrogens is 1. The molecule has 1 saturated heterocycles. The largest absolute Gasteiger partial charge is 0.441 e. The fourth-order valence-corrected chi connectivity index (χ4v) is 3.28. The highest BCUT2D eigenvalue weighted by atomic mass is 16.5. The van der Waals surface area contributed by atoms with Crippen LogP contribution in [0.15, 0.2) is 40.9 Å². The van der Waals surface area contributed by atoms with E-state index < -0.39 is 0 Å². The second kappa shape index (κ2) is 9.67. The molecule has 1 aliphatic heterocycles. The van der Waals surface area contributed by atoms with E-state index in [1.54, 1.807) is 6.20 Å². The fourth-order valence-electron chi connectivity index (χ4n) is 3.28. The SMILES string of the molecule is CC(C)CN1CCOC(CNC(=O)CCc2ncc(-c3ccccc3)o2)C1. The molecule has 6 nitrogen and oxygen atoms in total. The summed E-state index contributed by atoms with van der Waals surface area (Å²) in [5.74, 6) is 1.95. The summed E-state index contributed by atoms with van der Waals surface area (Å²) in [6, 6.07) is 9.83. The van der Waals surface area contributed by atoms with Gasteiger partial charge in [-0.25, -0.2) is 4.98 Å². The minimum atomic E-state index is -0.000885. The zero-order chi connectivity index (χ0) is 19.1. The second-order valence-corrected chi connectivity index (χ2v) is 7.43. The predicted molar refractivity (Wildman–Crippen MR) is 104 cm³/mol. The third kappa shape index (κ3) is 6.19. The third-order valence-corrected chi connectivity index (χ3v) is 4.55. The Morgan fingerprint density at radius 1 is 1.33 bits per heavy atom. The lowest BCUT2D eigenvalue weighted by molar-refractivity contribution is -0.122. The maximum Gasteiger partial charge on any atom is 0.220 e. The number of nitrogens with zero attached hydrogens (tertiary/aromatic N) is 2. The molecule has 27 heavy (non-hydrogen) atoms. The molecule has 2 heterocycles. The summed E-state index contributed by atoms with van der Waals surface area (Å²) in [4.78, 5) is 18.8. The topological polar surface area (TPSA) is 67.6 Å². The van der Waals surface area contributed by atoms with Crippen molar-refractivity contribution in [1.29, 1.82) is 0 Å². The Balaban J connectivity index is 1.39. The summed E-state index contributed by atoms with van der Waals surface area (Å²) < 4.78 is 11.5. The van der Waals surface area contributed by atoms with Crippen molar-refractivity contribution in [3.05, 3.63) is 42.4 Å². The molecular weight excluding hydrogens is 342 g/mol. The highest BCUT2D eigenvalue weighted by Gasteiger charge is 2.21. The van der Waals surface area contributed by atoms with Crippen molar-refractivity contribution in [2.24, 2.45) is 5.92 Å². The predicted octanol–water partition coefficient (Wildman–Crippen LogP) is 2.75. The van der Waals surface area contributed by atoms with Crippen LogP contribution in [0.5, 0.6) is 0 Å². The fraction of sp³-hybridized carbons (Fsp3) is 0.524. The maximum atomic E-state index is 12.1. The average molecular weight is 371 g/mol. The molecule has 1 aliphatic rings. The molecule has 0 spiro atoms. The molecule has 0 bridgehead atoms. The second-order valence-electron chi connectivity index (χ2n) is 7.43. The Morgan fingerprint density at radius 3 is 2.93 bits per heavy atom. The van der Waals surface area contributed by atoms with Gasteiger partial charge in [-0.15, -0.1) is 0 Å². The van der Waals surface area contributed by atoms with E-state index in [9.17, 15) is 4.79 Å². The minimum absolute atomic E-state index is 0.000885. The molecule has 1 amide bonds. The van der Waals surface area contributed by atoms with Crippen LogP contribution in [-0.4, -0.2) is 54.7 Å². The molecular formula is C21H29N3O3. The number of carbonyl (C=O) groups is 1. The highest BCUT2D eigenvalue weighted by molar-refractivity contribution is 5.76. The van der Waals surface area contributed by atoms with E-state index in [4.69, 9.17) is 9.15 Å². The first-order valence-corrected chi connectivity index (χ1v) is 9.71. The van der Waals surface area contributed by atoms with Gasteiger partial charge in [-0.2, -0.15) is 0 Å². The number of rotatable bonds is 8. The molecule has 146 valence electrons. The number of ether oxygens (including phenoxy) is 1. The van der Waals surface area contributed by atoms with Gasteiger partial charge in [-0.3, -0.25) is 9.69 Å². The van der Waals surface area contributed by atoms with Gasteiger partial charge in [0.25, 0.3) is 0 Å². The van der Waals surface area contributed by atoms with Crippen LogP contribution in [0, 0.1) is 5.92 Å². The summed E-state index contributed by atoms with van der Waals surface area (Å²) in [6.07, 6.45) is 2.62. The van der Waals surface area contributed by atoms with Gasteiger partial charge in [-0.05, 0) is 5.92 Å². The zero-order valence-corrected chi connectivity index (χ0v) is 16.2. The highest BCUT2D eigenvalue weighted by Crippen LogP contribution is 2.20. The van der Waals surface area contributed by atoms with Crippen LogP contribution in [0.1, 0.15) is 26.2 Å². The number of carbonyl (C=O) groups excluding carboxylic acids is 1. The van der Waals surface area contributed by atoms with Crippen molar-refractivity contribution >= 4 is 5.91 Å². The van der Waals surface area contributed by atoms with Gasteiger partial charge < -0.3 is 14.5 Å². The van der Waals surface area contributed by atoms with Crippen LogP contribution in [0.2, 0.25) is 0 Å². The van der Waals surface area contributed by atoms with Crippen molar-refractivity contribution in [2.45, 2.75) is 32.8 Å². The molecule has 3 rings (SSSR count). The monoisotopic (exact) mass is 371 g/mol. The van der Waals surface area contributed by atoms with E-state index in [-0.39, 0.29) is 12.0 Å². The molecule has 0 saturated carbocycles. The number of nitrogens with one attached hydrogen (secondary N) is 1. The van der Waals surface area contributed by atoms with Crippen LogP contribution >= 0.6 is 0 Å². The molecule has 1 N–H and O–H groups in total. The molecule has 6 heteroatoms. The van der Waals surface area contributed by atoms with Gasteiger partial charge >= 0.3 is 0 Å². The van der Waals surface area contributed by atoms with Gasteiger partial charge in [0.2, 0.25) is 5.91 Å². The molecule has 1 fully saturated rings. The molecule has 1 aromatic heterocycles. The molecule has 1 atom stereocenters. The van der Waals surface area contributed by atoms with Crippen molar-refractivity contribution in [3.63, 3.8) is 0 Å². The van der Waals surface area contributed by atoms with Crippen molar-refractivity contribution < 1.29 is 13.9 Å². The first kappa shape index (κ1) is 19.6. The Hall–Kier alpha value is -2.18. The van der Waals surface area contributed by atoms with Crippen LogP contribution < -0.4 is 5.32 Å². The molecule has 2 aromatic rings. The molecule has 1 unspecified atom stereocenters. The summed E-state index contributed by atoms with van der Waals surface area (Å²) in [6.45, 7) is 8.63. The number of hydrogen-bond donors (Lipinski definition) is 1. The third-order valence-electron chi connectivity index (χ3n) is 4.55. The Kier molecular flexibility index (Phi) is 7.01. The van der Waals surface area contributed by atoms with Crippen LogP contribution in [0.25, 0.3) is 11.3 Å². The van der Waals surface area contributed by atoms with Gasteiger partial charge in [-0.1, -0.05) is 44.2 Å². The van der Waals surface area contributed by atoms with Gasteiger partial charge in [0.1, 0.15) is 0 Å². The van der Waals surface area contributed by atoms with E-state index in [0.29, 0.717) is 31.2 Å². The lowest BCUT2D eigenvalue weighted by atomic mass is 10.2. The number of morpholine rings is 1. The van der Waals surface area contributed by atoms with Crippen LogP contribution in [0.3, 0.4) is 0 Å². The number of aryl methyl sites for hydroxylation is 1. The first-order chi connectivity index (χ1) is 13.1. The number of hydrogen-bond acceptors (Lipinski definition) is 5. The van der Waals surface area contributed by atoms with Crippen molar-refractivity contribution in [1.82, 2.24) is 15.2 Å². The Labute approximate surface area is 160 Å². The standard InChI is InChI=1S/C21H29N3O3/c1-16(2)14-24-10-11-26-18(15-24)12-22-20(25)8-9-21-23-13-19(27-21)17-6-4-3-5-7-17/h3-7,13,16,18H,8-12,14-15H2,1-2H3,(H,22,25). The lowest BCUT2D eigenvalue weighted by Gasteiger charge is -2.33. The summed E-state index contributed by atoms with van der Waals surface area (Å²) in [7, 11) is 0. The Morgan fingerprint density at radius 2 is 2.15 bits per heavy atom.